The van der Waals surface area contributed by atoms with Crippen molar-refractivity contribution in [2.75, 3.05) is 5.75 Å². The Morgan fingerprint density at radius 1 is 1.38 bits per heavy atom. The summed E-state index contributed by atoms with van der Waals surface area (Å²) in [4.78, 5) is 0. The van der Waals surface area contributed by atoms with Gasteiger partial charge in [-0.25, -0.2) is 0 Å². The molecule has 1 nitrogen and oxygen atoms in total. The summed E-state index contributed by atoms with van der Waals surface area (Å²) in [6.07, 6.45) is 3.86. The topological polar surface area (TPSA) is 17.1 Å². The van der Waals surface area contributed by atoms with E-state index in [1.165, 1.54) is 19.3 Å². The van der Waals surface area contributed by atoms with Gasteiger partial charge in [-0.05, 0) is 30.1 Å². The van der Waals surface area contributed by atoms with Crippen molar-refractivity contribution < 1.29 is 4.21 Å². The zero-order valence-corrected chi connectivity index (χ0v) is 9.69. The van der Waals surface area contributed by atoms with Crippen molar-refractivity contribution in [3.63, 3.8) is 0 Å². The average molecular weight is 200 g/mol. The van der Waals surface area contributed by atoms with Gasteiger partial charge in [0.25, 0.3) is 0 Å². The van der Waals surface area contributed by atoms with Crippen LogP contribution in [0.2, 0.25) is 0 Å². The summed E-state index contributed by atoms with van der Waals surface area (Å²) >= 11 is 0. The van der Waals surface area contributed by atoms with E-state index in [0.717, 1.165) is 11.7 Å². The minimum absolute atomic E-state index is 0.367. The van der Waals surface area contributed by atoms with Gasteiger partial charge in [-0.15, -0.1) is 0 Å². The summed E-state index contributed by atoms with van der Waals surface area (Å²) in [5.41, 5.74) is 0.367. The molecule has 0 N–H and O–H groups in total. The van der Waals surface area contributed by atoms with Crippen molar-refractivity contribution in [3.8, 4) is 0 Å². The largest absolute Gasteiger partial charge is 0.259 e. The highest BCUT2D eigenvalue weighted by molar-refractivity contribution is 7.86. The molecule has 2 aliphatic rings. The molecule has 76 valence electrons. The summed E-state index contributed by atoms with van der Waals surface area (Å²) < 4.78 is 11.9. The Labute approximate surface area is 83.8 Å². The highest BCUT2D eigenvalue weighted by Gasteiger charge is 2.52. The van der Waals surface area contributed by atoms with Crippen molar-refractivity contribution in [2.45, 2.75) is 45.3 Å². The highest BCUT2D eigenvalue weighted by Crippen LogP contribution is 2.52. The highest BCUT2D eigenvalue weighted by atomic mass is 32.2. The maximum Gasteiger partial charge on any atom is 0.0382 e. The number of hydrogen-bond acceptors (Lipinski definition) is 1. The lowest BCUT2D eigenvalue weighted by Gasteiger charge is -2.34. The first-order valence-corrected chi connectivity index (χ1v) is 6.81. The fourth-order valence-corrected chi connectivity index (χ4v) is 5.73. The van der Waals surface area contributed by atoms with Gasteiger partial charge in [-0.2, -0.15) is 0 Å². The molecule has 0 aromatic rings. The summed E-state index contributed by atoms with van der Waals surface area (Å²) in [6.45, 7) is 6.93. The van der Waals surface area contributed by atoms with E-state index < -0.39 is 10.8 Å². The molecule has 0 bridgehead atoms. The molecule has 4 atom stereocenters. The normalized spacial score (nSPS) is 50.0. The molecule has 1 heterocycles. The maximum absolute atomic E-state index is 11.9. The third-order valence-electron chi connectivity index (χ3n) is 4.41. The van der Waals surface area contributed by atoms with Crippen molar-refractivity contribution >= 4 is 10.8 Å². The van der Waals surface area contributed by atoms with Crippen LogP contribution in [0.1, 0.15) is 40.0 Å². The molecule has 0 aromatic carbocycles. The first-order chi connectivity index (χ1) is 6.05. The first kappa shape index (κ1) is 9.70. The maximum atomic E-state index is 11.9. The van der Waals surface area contributed by atoms with Crippen molar-refractivity contribution in [2.24, 2.45) is 17.3 Å². The summed E-state index contributed by atoms with van der Waals surface area (Å²) in [5, 5.41) is 0.549. The van der Waals surface area contributed by atoms with Crippen LogP contribution in [0.4, 0.5) is 0 Å². The Morgan fingerprint density at radius 3 is 2.69 bits per heavy atom. The summed E-state index contributed by atoms with van der Waals surface area (Å²) in [5.74, 6) is 2.40. The van der Waals surface area contributed by atoms with Crippen LogP contribution in [0.25, 0.3) is 0 Å². The summed E-state index contributed by atoms with van der Waals surface area (Å²) in [6, 6.07) is 0. The van der Waals surface area contributed by atoms with Gasteiger partial charge in [0, 0.05) is 21.8 Å². The van der Waals surface area contributed by atoms with E-state index in [9.17, 15) is 4.21 Å². The van der Waals surface area contributed by atoms with Gasteiger partial charge in [0.1, 0.15) is 0 Å². The SMILES string of the molecule is CC(C)C1(C)CS(=O)C2CCCC21. The minimum Gasteiger partial charge on any atom is -0.259 e. The lowest BCUT2D eigenvalue weighted by atomic mass is 9.70. The zero-order chi connectivity index (χ0) is 9.64. The van der Waals surface area contributed by atoms with Gasteiger partial charge in [0.05, 0.1) is 0 Å². The molecule has 0 spiro atoms. The predicted molar refractivity (Wildman–Crippen MR) is 57.1 cm³/mol. The van der Waals surface area contributed by atoms with Crippen LogP contribution < -0.4 is 0 Å². The van der Waals surface area contributed by atoms with Gasteiger partial charge in [-0.3, -0.25) is 4.21 Å². The third kappa shape index (κ3) is 1.29. The Kier molecular flexibility index (Phi) is 2.30. The average Bonchev–Trinajstić information content (AvgIpc) is 2.57. The molecule has 1 saturated carbocycles. The molecule has 13 heavy (non-hydrogen) atoms. The molecule has 1 aliphatic carbocycles. The number of rotatable bonds is 1. The van der Waals surface area contributed by atoms with Crippen LogP contribution in [-0.4, -0.2) is 15.2 Å². The van der Waals surface area contributed by atoms with Crippen LogP contribution in [0.15, 0.2) is 0 Å². The van der Waals surface area contributed by atoms with Crippen LogP contribution in [0.5, 0.6) is 0 Å². The lowest BCUT2D eigenvalue weighted by molar-refractivity contribution is 0.165. The Bertz CT molecular complexity index is 236. The van der Waals surface area contributed by atoms with Gasteiger partial charge in [0.2, 0.25) is 0 Å². The van der Waals surface area contributed by atoms with Gasteiger partial charge >= 0.3 is 0 Å². The molecule has 2 rings (SSSR count). The van der Waals surface area contributed by atoms with Crippen LogP contribution in [-0.2, 0) is 10.8 Å². The van der Waals surface area contributed by atoms with Crippen molar-refractivity contribution in [1.82, 2.24) is 0 Å². The Morgan fingerprint density at radius 2 is 2.08 bits per heavy atom. The second-order valence-electron chi connectivity index (χ2n) is 5.26. The van der Waals surface area contributed by atoms with Crippen LogP contribution in [0.3, 0.4) is 0 Å². The zero-order valence-electron chi connectivity index (χ0n) is 8.88. The third-order valence-corrected chi connectivity index (χ3v) is 6.56. The molecule has 1 aliphatic heterocycles. The van der Waals surface area contributed by atoms with E-state index in [4.69, 9.17) is 0 Å². The Balaban J connectivity index is 2.28. The van der Waals surface area contributed by atoms with Gasteiger partial charge in [0.15, 0.2) is 0 Å². The van der Waals surface area contributed by atoms with Crippen LogP contribution >= 0.6 is 0 Å². The van der Waals surface area contributed by atoms with Crippen LogP contribution in [0, 0.1) is 17.3 Å². The van der Waals surface area contributed by atoms with E-state index >= 15 is 0 Å². The molecule has 0 amide bonds. The van der Waals surface area contributed by atoms with Crippen molar-refractivity contribution in [3.05, 3.63) is 0 Å². The monoisotopic (exact) mass is 200 g/mol. The molecule has 2 fully saturated rings. The van der Waals surface area contributed by atoms with Gasteiger partial charge < -0.3 is 0 Å². The quantitative estimate of drug-likeness (QED) is 0.636. The molecule has 0 radical (unpaired) electrons. The van der Waals surface area contributed by atoms with E-state index in [-0.39, 0.29) is 0 Å². The van der Waals surface area contributed by atoms with E-state index in [0.29, 0.717) is 16.6 Å². The molecular formula is C11H20OS. The fourth-order valence-electron chi connectivity index (χ4n) is 3.11. The first-order valence-electron chi connectivity index (χ1n) is 5.43. The smallest absolute Gasteiger partial charge is 0.0382 e. The number of fused-ring (bicyclic) bond motifs is 1. The van der Waals surface area contributed by atoms with Gasteiger partial charge in [-0.1, -0.05) is 27.2 Å². The molecular weight excluding hydrogens is 180 g/mol. The molecule has 4 unspecified atom stereocenters. The second-order valence-corrected chi connectivity index (χ2v) is 6.92. The second kappa shape index (κ2) is 3.08. The lowest BCUT2D eigenvalue weighted by Crippen LogP contribution is -2.31. The number of hydrogen-bond donors (Lipinski definition) is 0. The summed E-state index contributed by atoms with van der Waals surface area (Å²) in [7, 11) is -0.518. The van der Waals surface area contributed by atoms with E-state index in [1.54, 1.807) is 0 Å². The molecule has 1 saturated heterocycles. The molecule has 2 heteroatoms. The van der Waals surface area contributed by atoms with Crippen molar-refractivity contribution in [1.29, 1.82) is 0 Å². The predicted octanol–water partition coefficient (Wildman–Crippen LogP) is 2.58. The molecule has 0 aromatic heterocycles. The minimum atomic E-state index is -0.518. The fraction of sp³-hybridized carbons (Fsp3) is 1.00. The Hall–Kier alpha value is 0.150. The standard InChI is InChI=1S/C11H20OS/c1-8(2)11(3)7-13(12)10-6-4-5-9(10)11/h8-10H,4-7H2,1-3H3. The van der Waals surface area contributed by atoms with E-state index in [1.807, 2.05) is 0 Å². The van der Waals surface area contributed by atoms with E-state index in [2.05, 4.69) is 20.8 Å².